The first-order valence-corrected chi connectivity index (χ1v) is 5.63. The summed E-state index contributed by atoms with van der Waals surface area (Å²) in [6, 6.07) is 0. The second kappa shape index (κ2) is 7.16. The van der Waals surface area contributed by atoms with Crippen LogP contribution in [0.25, 0.3) is 0 Å². The highest BCUT2D eigenvalue weighted by atomic mass is 16.7. The van der Waals surface area contributed by atoms with E-state index in [9.17, 15) is 0 Å². The molecule has 0 aromatic rings. The Morgan fingerprint density at radius 3 is 1.56 bits per heavy atom. The van der Waals surface area contributed by atoms with Crippen LogP contribution in [0.5, 0.6) is 0 Å². The second-order valence-electron chi connectivity index (χ2n) is 4.11. The fraction of sp³-hybridized carbons (Fsp3) is 1.00. The van der Waals surface area contributed by atoms with Crippen molar-refractivity contribution in [3.8, 4) is 0 Å². The highest BCUT2D eigenvalue weighted by molar-refractivity contribution is 4.72. The quantitative estimate of drug-likeness (QED) is 0.225. The second-order valence-corrected chi connectivity index (χ2v) is 4.11. The molecular weight excluding hydrogens is 214 g/mol. The maximum atomic E-state index is 9.08. The summed E-state index contributed by atoms with van der Waals surface area (Å²) in [6.07, 6.45) is 4.83. The summed E-state index contributed by atoms with van der Waals surface area (Å²) in [7, 11) is 0. The van der Waals surface area contributed by atoms with Gasteiger partial charge in [-0.3, -0.25) is 0 Å². The molecule has 98 valence electrons. The molecule has 0 aliphatic carbocycles. The van der Waals surface area contributed by atoms with Crippen LogP contribution in [-0.2, 0) is 0 Å². The van der Waals surface area contributed by atoms with E-state index >= 15 is 0 Å². The molecule has 0 rings (SSSR count). The van der Waals surface area contributed by atoms with Gasteiger partial charge in [0.15, 0.2) is 0 Å². The van der Waals surface area contributed by atoms with Gasteiger partial charge in [0, 0.05) is 6.42 Å². The van der Waals surface area contributed by atoms with Crippen LogP contribution in [0.4, 0.5) is 0 Å². The maximum absolute atomic E-state index is 9.08. The van der Waals surface area contributed by atoms with Gasteiger partial charge in [0.05, 0.1) is 0 Å². The van der Waals surface area contributed by atoms with E-state index in [2.05, 4.69) is 0 Å². The van der Waals surface area contributed by atoms with Crippen LogP contribution < -0.4 is 5.73 Å². The molecule has 0 spiro atoms. The summed E-state index contributed by atoms with van der Waals surface area (Å²) in [4.78, 5) is 0. The van der Waals surface area contributed by atoms with E-state index in [-0.39, 0.29) is 6.42 Å². The van der Waals surface area contributed by atoms with E-state index in [1.165, 1.54) is 0 Å². The van der Waals surface area contributed by atoms with Crippen LogP contribution in [0.2, 0.25) is 0 Å². The average molecular weight is 237 g/mol. The standard InChI is InChI=1S/C10H23NO5/c11-8-6-4-2-1-3-5-7-9(12,13)10(14,15)16/h12-16H,1-8,11H2. The van der Waals surface area contributed by atoms with E-state index in [0.717, 1.165) is 32.1 Å². The molecule has 6 nitrogen and oxygen atoms in total. The normalized spacial score (nSPS) is 13.1. The Morgan fingerprint density at radius 2 is 1.12 bits per heavy atom. The molecule has 0 aliphatic heterocycles. The van der Waals surface area contributed by atoms with Crippen molar-refractivity contribution in [3.05, 3.63) is 0 Å². The third-order valence-electron chi connectivity index (χ3n) is 2.52. The first kappa shape index (κ1) is 15.8. The zero-order chi connectivity index (χ0) is 12.7. The summed E-state index contributed by atoms with van der Waals surface area (Å²) in [5, 5.41) is 44.0. The van der Waals surface area contributed by atoms with Crippen molar-refractivity contribution in [2.45, 2.75) is 56.7 Å². The first-order valence-electron chi connectivity index (χ1n) is 5.63. The van der Waals surface area contributed by atoms with E-state index < -0.39 is 11.8 Å². The molecule has 0 amide bonds. The molecule has 0 fully saturated rings. The van der Waals surface area contributed by atoms with Gasteiger partial charge in [-0.25, -0.2) is 0 Å². The zero-order valence-electron chi connectivity index (χ0n) is 9.47. The molecule has 0 aliphatic rings. The Hall–Kier alpha value is -0.240. The van der Waals surface area contributed by atoms with Gasteiger partial charge >= 0.3 is 5.97 Å². The molecule has 16 heavy (non-hydrogen) atoms. The minimum atomic E-state index is -3.47. The molecule has 0 radical (unpaired) electrons. The molecule has 0 aromatic carbocycles. The Morgan fingerprint density at radius 1 is 0.688 bits per heavy atom. The van der Waals surface area contributed by atoms with E-state index in [1.54, 1.807) is 0 Å². The summed E-state index contributed by atoms with van der Waals surface area (Å²) < 4.78 is 0. The molecular formula is C10H23NO5. The van der Waals surface area contributed by atoms with Gasteiger partial charge in [0.1, 0.15) is 0 Å². The third kappa shape index (κ3) is 6.37. The number of hydrogen-bond donors (Lipinski definition) is 6. The lowest BCUT2D eigenvalue weighted by molar-refractivity contribution is -0.447. The topological polar surface area (TPSA) is 127 Å². The van der Waals surface area contributed by atoms with Crippen molar-refractivity contribution in [1.29, 1.82) is 0 Å². The van der Waals surface area contributed by atoms with Crippen molar-refractivity contribution < 1.29 is 25.5 Å². The fourth-order valence-corrected chi connectivity index (χ4v) is 1.39. The predicted molar refractivity (Wildman–Crippen MR) is 57.9 cm³/mol. The Bertz CT molecular complexity index is 179. The zero-order valence-corrected chi connectivity index (χ0v) is 9.47. The minimum absolute atomic E-state index is 0.284. The Kier molecular flexibility index (Phi) is 7.05. The molecule has 0 aromatic heterocycles. The lowest BCUT2D eigenvalue weighted by Gasteiger charge is -2.29. The van der Waals surface area contributed by atoms with Crippen LogP contribution in [0.15, 0.2) is 0 Å². The monoisotopic (exact) mass is 237 g/mol. The van der Waals surface area contributed by atoms with E-state index in [1.807, 2.05) is 0 Å². The number of hydrogen-bond acceptors (Lipinski definition) is 6. The summed E-state index contributed by atoms with van der Waals surface area (Å²) in [5.41, 5.74) is 5.32. The summed E-state index contributed by atoms with van der Waals surface area (Å²) in [6.45, 7) is 0.679. The van der Waals surface area contributed by atoms with Gasteiger partial charge < -0.3 is 31.3 Å². The molecule has 0 heterocycles. The molecule has 7 N–H and O–H groups in total. The van der Waals surface area contributed by atoms with Crippen LogP contribution >= 0.6 is 0 Å². The van der Waals surface area contributed by atoms with Crippen molar-refractivity contribution in [3.63, 3.8) is 0 Å². The lowest BCUT2D eigenvalue weighted by atomic mass is 10.0. The molecule has 0 atom stereocenters. The van der Waals surface area contributed by atoms with Gasteiger partial charge in [-0.2, -0.15) is 0 Å². The number of nitrogens with two attached hydrogens (primary N) is 1. The predicted octanol–water partition coefficient (Wildman–Crippen LogP) is -1.01. The van der Waals surface area contributed by atoms with Crippen molar-refractivity contribution in [2.75, 3.05) is 6.54 Å². The highest BCUT2D eigenvalue weighted by Gasteiger charge is 2.45. The van der Waals surface area contributed by atoms with Gasteiger partial charge in [0.2, 0.25) is 5.79 Å². The minimum Gasteiger partial charge on any atom is -0.359 e. The summed E-state index contributed by atoms with van der Waals surface area (Å²) in [5.74, 6) is -6.34. The molecule has 0 saturated carbocycles. The molecule has 0 unspecified atom stereocenters. The lowest BCUT2D eigenvalue weighted by Crippen LogP contribution is -2.54. The Labute approximate surface area is 95.3 Å². The Balaban J connectivity index is 3.51. The smallest absolute Gasteiger partial charge is 0.332 e. The van der Waals surface area contributed by atoms with Gasteiger partial charge in [0.25, 0.3) is 0 Å². The number of rotatable bonds is 9. The van der Waals surface area contributed by atoms with Crippen molar-refractivity contribution in [2.24, 2.45) is 5.73 Å². The van der Waals surface area contributed by atoms with Crippen LogP contribution in [0.1, 0.15) is 44.9 Å². The van der Waals surface area contributed by atoms with E-state index in [0.29, 0.717) is 13.0 Å². The molecule has 0 saturated heterocycles. The average Bonchev–Trinajstić information content (AvgIpc) is 2.14. The van der Waals surface area contributed by atoms with E-state index in [4.69, 9.17) is 31.3 Å². The SMILES string of the molecule is NCCCCCCCCC(O)(O)C(O)(O)O. The third-order valence-corrected chi connectivity index (χ3v) is 2.52. The van der Waals surface area contributed by atoms with Crippen LogP contribution in [-0.4, -0.2) is 43.8 Å². The maximum Gasteiger partial charge on any atom is 0.332 e. The first-order chi connectivity index (χ1) is 7.31. The van der Waals surface area contributed by atoms with Crippen LogP contribution in [0, 0.1) is 0 Å². The van der Waals surface area contributed by atoms with Crippen molar-refractivity contribution in [1.82, 2.24) is 0 Å². The van der Waals surface area contributed by atoms with Gasteiger partial charge in [-0.15, -0.1) is 0 Å². The largest absolute Gasteiger partial charge is 0.359 e. The highest BCUT2D eigenvalue weighted by Crippen LogP contribution is 2.21. The molecule has 6 heteroatoms. The van der Waals surface area contributed by atoms with Gasteiger partial charge in [-0.05, 0) is 19.4 Å². The number of unbranched alkanes of at least 4 members (excludes halogenated alkanes) is 5. The van der Waals surface area contributed by atoms with Gasteiger partial charge in [-0.1, -0.05) is 25.7 Å². The number of aliphatic hydroxyl groups is 5. The van der Waals surface area contributed by atoms with Crippen molar-refractivity contribution >= 4 is 0 Å². The molecule has 0 bridgehead atoms. The van der Waals surface area contributed by atoms with Crippen LogP contribution in [0.3, 0.4) is 0 Å². The fourth-order valence-electron chi connectivity index (χ4n) is 1.39. The summed E-state index contributed by atoms with van der Waals surface area (Å²) >= 11 is 0.